The molecule has 0 unspecified atom stereocenters. The summed E-state index contributed by atoms with van der Waals surface area (Å²) in [5, 5.41) is 8.60. The van der Waals surface area contributed by atoms with Crippen molar-refractivity contribution in [2.45, 2.75) is 31.4 Å². The second kappa shape index (κ2) is 9.02. The molecule has 0 aliphatic carbocycles. The lowest BCUT2D eigenvalue weighted by Gasteiger charge is -2.15. The minimum absolute atomic E-state index is 0.000696. The summed E-state index contributed by atoms with van der Waals surface area (Å²) in [6.45, 7) is 4.24. The molecule has 10 nitrogen and oxygen atoms in total. The van der Waals surface area contributed by atoms with Crippen molar-refractivity contribution in [1.82, 2.24) is 14.9 Å². The number of nitrogens with zero attached hydrogens (tertiary/aromatic N) is 3. The van der Waals surface area contributed by atoms with E-state index in [1.165, 1.54) is 26.4 Å². The lowest BCUT2D eigenvalue weighted by atomic mass is 10.1. The maximum Gasteiger partial charge on any atom is 0.270 e. The van der Waals surface area contributed by atoms with Gasteiger partial charge in [0, 0.05) is 12.4 Å². The van der Waals surface area contributed by atoms with E-state index in [1.807, 2.05) is 32.2 Å². The van der Waals surface area contributed by atoms with Gasteiger partial charge in [0.1, 0.15) is 22.6 Å². The summed E-state index contributed by atoms with van der Waals surface area (Å²) >= 11 is 0. The topological polar surface area (TPSA) is 118 Å². The highest BCUT2D eigenvalue weighted by Gasteiger charge is 2.28. The quantitative estimate of drug-likeness (QED) is 0.392. The third-order valence-corrected chi connectivity index (χ3v) is 6.15. The van der Waals surface area contributed by atoms with Gasteiger partial charge in [0.15, 0.2) is 16.3 Å². The van der Waals surface area contributed by atoms with Crippen LogP contribution in [0.15, 0.2) is 58.2 Å². The molecule has 2 aromatic carbocycles. The van der Waals surface area contributed by atoms with E-state index in [1.54, 1.807) is 23.0 Å². The zero-order chi connectivity index (χ0) is 23.6. The highest BCUT2D eigenvalue weighted by molar-refractivity contribution is 7.93. The molecular weight excluding hydrogens is 448 g/mol. The number of ether oxygens (including phenoxy) is 3. The first-order chi connectivity index (χ1) is 15.8. The smallest absolute Gasteiger partial charge is 0.270 e. The zero-order valence-corrected chi connectivity index (χ0v) is 19.4. The van der Waals surface area contributed by atoms with Crippen molar-refractivity contribution < 1.29 is 27.2 Å². The molecule has 0 amide bonds. The predicted molar refractivity (Wildman–Crippen MR) is 121 cm³/mol. The average molecular weight is 473 g/mol. The second-order valence-electron chi connectivity index (χ2n) is 7.47. The van der Waals surface area contributed by atoms with E-state index < -0.39 is 10.0 Å². The molecular formula is C22H24N4O6S. The Kier molecular flexibility index (Phi) is 6.14. The number of nitrogens with one attached hydrogen (secondary N) is 1. The first-order valence-corrected chi connectivity index (χ1v) is 11.6. The summed E-state index contributed by atoms with van der Waals surface area (Å²) in [4.78, 5) is -0.146. The van der Waals surface area contributed by atoms with Gasteiger partial charge in [0.05, 0.1) is 26.9 Å². The van der Waals surface area contributed by atoms with Crippen molar-refractivity contribution in [3.63, 3.8) is 0 Å². The maximum absolute atomic E-state index is 13.3. The Labute approximate surface area is 191 Å². The van der Waals surface area contributed by atoms with Gasteiger partial charge in [-0.2, -0.15) is 5.10 Å². The van der Waals surface area contributed by atoms with Gasteiger partial charge in [-0.1, -0.05) is 11.2 Å². The number of benzene rings is 2. The van der Waals surface area contributed by atoms with Crippen molar-refractivity contribution >= 4 is 26.8 Å². The molecule has 174 valence electrons. The van der Waals surface area contributed by atoms with Crippen LogP contribution in [-0.2, 0) is 16.6 Å². The highest BCUT2D eigenvalue weighted by atomic mass is 32.2. The third-order valence-electron chi connectivity index (χ3n) is 4.75. The average Bonchev–Trinajstić information content (AvgIpc) is 3.42. The summed E-state index contributed by atoms with van der Waals surface area (Å²) in [5.41, 5.74) is 1.24. The number of hydrogen-bond acceptors (Lipinski definition) is 8. The number of hydrogen-bond donors (Lipinski definition) is 1. The molecule has 0 spiro atoms. The number of anilines is 1. The van der Waals surface area contributed by atoms with Crippen LogP contribution in [0.4, 0.5) is 5.82 Å². The first kappa shape index (κ1) is 22.5. The SMILES string of the molecule is COc1cccc(OC)c1S(=O)(=O)Nc1noc2cc(Cn3cccn3)cc(OC(C)C)c12. The molecule has 0 saturated carbocycles. The van der Waals surface area contributed by atoms with E-state index in [2.05, 4.69) is 15.0 Å². The molecule has 0 fully saturated rings. The third kappa shape index (κ3) is 4.58. The van der Waals surface area contributed by atoms with E-state index in [0.717, 1.165) is 5.56 Å². The molecule has 0 radical (unpaired) electrons. The number of methoxy groups -OCH3 is 2. The van der Waals surface area contributed by atoms with Crippen molar-refractivity contribution in [3.05, 3.63) is 54.4 Å². The maximum atomic E-state index is 13.3. The summed E-state index contributed by atoms with van der Waals surface area (Å²) < 4.78 is 52.8. The molecule has 0 saturated heterocycles. The zero-order valence-electron chi connectivity index (χ0n) is 18.6. The molecule has 4 rings (SSSR count). The van der Waals surface area contributed by atoms with Gasteiger partial charge in [-0.05, 0) is 49.7 Å². The normalized spacial score (nSPS) is 11.7. The monoisotopic (exact) mass is 472 g/mol. The van der Waals surface area contributed by atoms with Gasteiger partial charge < -0.3 is 18.7 Å². The van der Waals surface area contributed by atoms with E-state index >= 15 is 0 Å². The van der Waals surface area contributed by atoms with Crippen LogP contribution in [0.3, 0.4) is 0 Å². The lowest BCUT2D eigenvalue weighted by molar-refractivity contribution is 0.245. The fourth-order valence-electron chi connectivity index (χ4n) is 3.44. The van der Waals surface area contributed by atoms with Gasteiger partial charge in [0.25, 0.3) is 10.0 Å². The van der Waals surface area contributed by atoms with Crippen LogP contribution in [0.25, 0.3) is 11.0 Å². The van der Waals surface area contributed by atoms with E-state index in [4.69, 9.17) is 18.7 Å². The van der Waals surface area contributed by atoms with Gasteiger partial charge in [-0.3, -0.25) is 9.40 Å². The van der Waals surface area contributed by atoms with Gasteiger partial charge in [0.2, 0.25) is 0 Å². The highest BCUT2D eigenvalue weighted by Crippen LogP contribution is 2.38. The number of aromatic nitrogens is 3. The molecule has 0 aliphatic heterocycles. The Bertz CT molecular complexity index is 1340. The summed E-state index contributed by atoms with van der Waals surface area (Å²) in [5.74, 6) is 0.708. The fraction of sp³-hybridized carbons (Fsp3) is 0.273. The molecule has 4 aromatic rings. The van der Waals surface area contributed by atoms with Gasteiger partial charge in [-0.15, -0.1) is 0 Å². The summed E-state index contributed by atoms with van der Waals surface area (Å²) in [6, 6.07) is 10.1. The number of sulfonamides is 1. The van der Waals surface area contributed by atoms with Crippen molar-refractivity contribution in [1.29, 1.82) is 0 Å². The van der Waals surface area contributed by atoms with Crippen molar-refractivity contribution in [2.75, 3.05) is 18.9 Å². The Balaban J connectivity index is 1.79. The van der Waals surface area contributed by atoms with Crippen LogP contribution in [0, 0.1) is 0 Å². The number of fused-ring (bicyclic) bond motifs is 1. The fourth-order valence-corrected chi connectivity index (χ4v) is 4.77. The van der Waals surface area contributed by atoms with E-state index in [0.29, 0.717) is 23.3 Å². The van der Waals surface area contributed by atoms with Gasteiger partial charge in [-0.25, -0.2) is 8.42 Å². The van der Waals surface area contributed by atoms with Crippen LogP contribution in [0.5, 0.6) is 17.2 Å². The predicted octanol–water partition coefficient (Wildman–Crippen LogP) is 3.68. The first-order valence-electron chi connectivity index (χ1n) is 10.1. The summed E-state index contributed by atoms with van der Waals surface area (Å²) in [6.07, 6.45) is 3.37. The standard InChI is InChI=1S/C22H24N4O6S/c1-14(2)31-18-11-15(13-26-10-6-9-23-26)12-19-20(18)22(24-32-19)25-33(27,28)21-16(29-3)7-5-8-17(21)30-4/h5-12,14H,13H2,1-4H3,(H,24,25). The Morgan fingerprint density at radius 1 is 1.09 bits per heavy atom. The van der Waals surface area contributed by atoms with Crippen molar-refractivity contribution in [3.8, 4) is 17.2 Å². The molecule has 0 aliphatic rings. The Hall–Kier alpha value is -3.73. The molecule has 0 bridgehead atoms. The van der Waals surface area contributed by atoms with Crippen LogP contribution < -0.4 is 18.9 Å². The van der Waals surface area contributed by atoms with Crippen molar-refractivity contribution in [2.24, 2.45) is 0 Å². The van der Waals surface area contributed by atoms with Crippen LogP contribution >= 0.6 is 0 Å². The van der Waals surface area contributed by atoms with Gasteiger partial charge >= 0.3 is 0 Å². The largest absolute Gasteiger partial charge is 0.495 e. The molecule has 2 aromatic heterocycles. The van der Waals surface area contributed by atoms with Crippen LogP contribution in [0.2, 0.25) is 0 Å². The minimum Gasteiger partial charge on any atom is -0.495 e. The van der Waals surface area contributed by atoms with E-state index in [9.17, 15) is 8.42 Å². The molecule has 2 heterocycles. The molecule has 1 N–H and O–H groups in total. The lowest BCUT2D eigenvalue weighted by Crippen LogP contribution is -2.16. The molecule has 11 heteroatoms. The second-order valence-corrected chi connectivity index (χ2v) is 9.08. The van der Waals surface area contributed by atoms with E-state index in [-0.39, 0.29) is 28.3 Å². The van der Waals surface area contributed by atoms with Crippen LogP contribution in [-0.4, -0.2) is 43.7 Å². The molecule has 33 heavy (non-hydrogen) atoms. The Morgan fingerprint density at radius 3 is 2.42 bits per heavy atom. The number of rotatable bonds is 9. The minimum atomic E-state index is -4.15. The van der Waals surface area contributed by atoms with Crippen LogP contribution in [0.1, 0.15) is 19.4 Å². The molecule has 0 atom stereocenters. The summed E-state index contributed by atoms with van der Waals surface area (Å²) in [7, 11) is -1.38. The Morgan fingerprint density at radius 2 is 1.82 bits per heavy atom.